The van der Waals surface area contributed by atoms with Crippen LogP contribution < -0.4 is 10.6 Å². The third-order valence-corrected chi connectivity index (χ3v) is 2.89. The van der Waals surface area contributed by atoms with Crippen LogP contribution in [0, 0.1) is 0 Å². The highest BCUT2D eigenvalue weighted by Crippen LogP contribution is 2.17. The Morgan fingerprint density at radius 3 is 2.88 bits per heavy atom. The fourth-order valence-corrected chi connectivity index (χ4v) is 1.93. The predicted molar refractivity (Wildman–Crippen MR) is 65.5 cm³/mol. The van der Waals surface area contributed by atoms with Crippen LogP contribution in [-0.4, -0.2) is 40.9 Å². The Hall–Kier alpha value is -1.50. The zero-order chi connectivity index (χ0) is 12.7. The highest BCUT2D eigenvalue weighted by molar-refractivity contribution is 8.14. The molecule has 6 nitrogen and oxygen atoms in total. The lowest BCUT2D eigenvalue weighted by atomic mass is 10.5. The van der Waals surface area contributed by atoms with Gasteiger partial charge in [-0.1, -0.05) is 24.8 Å². The number of hydrogen-bond donors (Lipinski definition) is 2. The zero-order valence-corrected chi connectivity index (χ0v) is 10.4. The molecule has 0 aromatic heterocycles. The van der Waals surface area contributed by atoms with Crippen molar-refractivity contribution in [3.63, 3.8) is 0 Å². The molecule has 0 unspecified atom stereocenters. The number of urea groups is 1. The van der Waals surface area contributed by atoms with Crippen LogP contribution in [0.5, 0.6) is 0 Å². The van der Waals surface area contributed by atoms with Gasteiger partial charge in [0.1, 0.15) is 0 Å². The third-order valence-electron chi connectivity index (χ3n) is 2.03. The molecule has 1 aliphatic heterocycles. The van der Waals surface area contributed by atoms with Crippen LogP contribution in [0.25, 0.3) is 0 Å². The molecule has 7 heteroatoms. The number of nitrogens with zero attached hydrogens (tertiary/aromatic N) is 1. The van der Waals surface area contributed by atoms with Gasteiger partial charge < -0.3 is 10.6 Å². The van der Waals surface area contributed by atoms with Crippen molar-refractivity contribution < 1.29 is 14.4 Å². The number of thioether (sulfide) groups is 1. The van der Waals surface area contributed by atoms with Crippen molar-refractivity contribution in [1.29, 1.82) is 0 Å². The average molecular weight is 257 g/mol. The monoisotopic (exact) mass is 257 g/mol. The van der Waals surface area contributed by atoms with Crippen LogP contribution in [0.2, 0.25) is 0 Å². The number of carbonyl (C=O) groups excluding carboxylic acids is 3. The second kappa shape index (κ2) is 6.95. The minimum atomic E-state index is -0.346. The number of amides is 4. The Morgan fingerprint density at radius 1 is 1.53 bits per heavy atom. The standard InChI is InChI=1S/C10H15N3O3S/c1-2-3-4-11-9(15)12-5-6-13-8(14)7-17-10(13)16/h3-4H,2,5-7H2,1H3,(H2,11,12,15)/b4-3+. The van der Waals surface area contributed by atoms with Crippen LogP contribution in [0.3, 0.4) is 0 Å². The number of imide groups is 1. The molecule has 0 bridgehead atoms. The van der Waals surface area contributed by atoms with E-state index in [1.807, 2.05) is 13.0 Å². The van der Waals surface area contributed by atoms with Crippen molar-refractivity contribution in [3.05, 3.63) is 12.3 Å². The first kappa shape index (κ1) is 13.6. The maximum atomic E-state index is 11.2. The van der Waals surface area contributed by atoms with Crippen LogP contribution in [0.15, 0.2) is 12.3 Å². The molecular formula is C10H15N3O3S. The minimum absolute atomic E-state index is 0.199. The first-order chi connectivity index (χ1) is 8.15. The summed E-state index contributed by atoms with van der Waals surface area (Å²) >= 11 is 0.987. The lowest BCUT2D eigenvalue weighted by molar-refractivity contribution is -0.124. The quantitative estimate of drug-likeness (QED) is 0.767. The van der Waals surface area contributed by atoms with Crippen LogP contribution >= 0.6 is 11.8 Å². The van der Waals surface area contributed by atoms with Crippen molar-refractivity contribution in [2.45, 2.75) is 13.3 Å². The van der Waals surface area contributed by atoms with Crippen LogP contribution in [0.4, 0.5) is 9.59 Å². The highest BCUT2D eigenvalue weighted by Gasteiger charge is 2.29. The summed E-state index contributed by atoms with van der Waals surface area (Å²) in [5, 5.41) is 4.81. The number of nitrogens with one attached hydrogen (secondary N) is 2. The second-order valence-electron chi connectivity index (χ2n) is 3.31. The van der Waals surface area contributed by atoms with Gasteiger partial charge in [0, 0.05) is 19.3 Å². The minimum Gasteiger partial charge on any atom is -0.336 e. The first-order valence-corrected chi connectivity index (χ1v) is 6.30. The zero-order valence-electron chi connectivity index (χ0n) is 9.56. The number of carbonyl (C=O) groups is 3. The van der Waals surface area contributed by atoms with E-state index >= 15 is 0 Å². The normalized spacial score (nSPS) is 15.7. The summed E-state index contributed by atoms with van der Waals surface area (Å²) in [6.07, 6.45) is 4.20. The second-order valence-corrected chi connectivity index (χ2v) is 4.24. The van der Waals surface area contributed by atoms with E-state index in [1.54, 1.807) is 6.20 Å². The van der Waals surface area contributed by atoms with Gasteiger partial charge in [-0.2, -0.15) is 0 Å². The van der Waals surface area contributed by atoms with E-state index in [1.165, 1.54) is 0 Å². The number of rotatable bonds is 5. The number of allylic oxidation sites excluding steroid dienone is 1. The van der Waals surface area contributed by atoms with Gasteiger partial charge in [0.15, 0.2) is 0 Å². The molecule has 0 aromatic carbocycles. The predicted octanol–water partition coefficient (Wildman–Crippen LogP) is 0.905. The van der Waals surface area contributed by atoms with Gasteiger partial charge in [0.05, 0.1) is 5.75 Å². The van der Waals surface area contributed by atoms with Crippen molar-refractivity contribution >= 4 is 28.9 Å². The summed E-state index contributed by atoms with van der Waals surface area (Å²) in [6, 6.07) is -0.346. The van der Waals surface area contributed by atoms with E-state index in [4.69, 9.17) is 0 Å². The summed E-state index contributed by atoms with van der Waals surface area (Å²) in [4.78, 5) is 34.7. The largest absolute Gasteiger partial charge is 0.336 e. The Morgan fingerprint density at radius 2 is 2.29 bits per heavy atom. The third kappa shape index (κ3) is 4.48. The molecule has 1 heterocycles. The molecule has 1 saturated heterocycles. The summed E-state index contributed by atoms with van der Waals surface area (Å²) in [7, 11) is 0. The van der Waals surface area contributed by atoms with Gasteiger partial charge in [-0.05, 0) is 6.42 Å². The molecule has 2 N–H and O–H groups in total. The van der Waals surface area contributed by atoms with Gasteiger partial charge in [-0.3, -0.25) is 14.5 Å². The number of hydrogen-bond acceptors (Lipinski definition) is 4. The molecule has 0 aliphatic carbocycles. The summed E-state index contributed by atoms with van der Waals surface area (Å²) in [6.45, 7) is 2.43. The molecule has 1 rings (SSSR count). The van der Waals surface area contributed by atoms with Gasteiger partial charge >= 0.3 is 6.03 Å². The molecule has 0 atom stereocenters. The molecule has 17 heavy (non-hydrogen) atoms. The lowest BCUT2D eigenvalue weighted by Gasteiger charge is -2.12. The van der Waals surface area contributed by atoms with E-state index in [0.717, 1.165) is 23.1 Å². The molecule has 0 aromatic rings. The summed E-state index contributed by atoms with van der Waals surface area (Å²) in [5.41, 5.74) is 0. The average Bonchev–Trinajstić information content (AvgIpc) is 2.61. The molecule has 94 valence electrons. The molecular weight excluding hydrogens is 242 g/mol. The fraction of sp³-hybridized carbons (Fsp3) is 0.500. The topological polar surface area (TPSA) is 78.5 Å². The van der Waals surface area contributed by atoms with E-state index in [9.17, 15) is 14.4 Å². The van der Waals surface area contributed by atoms with Crippen molar-refractivity contribution in [2.75, 3.05) is 18.8 Å². The molecule has 1 aliphatic rings. The van der Waals surface area contributed by atoms with Crippen LogP contribution in [0.1, 0.15) is 13.3 Å². The van der Waals surface area contributed by atoms with Gasteiger partial charge in [0.2, 0.25) is 5.91 Å². The molecule has 0 saturated carbocycles. The van der Waals surface area contributed by atoms with Crippen molar-refractivity contribution in [3.8, 4) is 0 Å². The van der Waals surface area contributed by atoms with Gasteiger partial charge in [-0.25, -0.2) is 4.79 Å². The van der Waals surface area contributed by atoms with Crippen molar-refractivity contribution in [1.82, 2.24) is 15.5 Å². The van der Waals surface area contributed by atoms with Crippen LogP contribution in [-0.2, 0) is 4.79 Å². The van der Waals surface area contributed by atoms with Crippen molar-refractivity contribution in [2.24, 2.45) is 0 Å². The Kier molecular flexibility index (Phi) is 5.55. The molecule has 1 fully saturated rings. The Balaban J connectivity index is 2.19. The Bertz CT molecular complexity index is 328. The maximum absolute atomic E-state index is 11.2. The Labute approximate surface area is 104 Å². The SMILES string of the molecule is CC/C=C/NC(=O)NCCN1C(=O)CSC1=O. The van der Waals surface area contributed by atoms with E-state index in [2.05, 4.69) is 10.6 Å². The van der Waals surface area contributed by atoms with E-state index in [0.29, 0.717) is 0 Å². The smallest absolute Gasteiger partial charge is 0.318 e. The molecule has 0 spiro atoms. The lowest BCUT2D eigenvalue weighted by Crippen LogP contribution is -2.40. The van der Waals surface area contributed by atoms with E-state index in [-0.39, 0.29) is 36.0 Å². The molecule has 4 amide bonds. The van der Waals surface area contributed by atoms with Gasteiger partial charge in [-0.15, -0.1) is 0 Å². The van der Waals surface area contributed by atoms with Gasteiger partial charge in [0.25, 0.3) is 5.24 Å². The molecule has 0 radical (unpaired) electrons. The maximum Gasteiger partial charge on any atom is 0.318 e. The fourth-order valence-electron chi connectivity index (χ4n) is 1.18. The summed E-state index contributed by atoms with van der Waals surface area (Å²) < 4.78 is 0. The van der Waals surface area contributed by atoms with E-state index < -0.39 is 0 Å². The highest BCUT2D eigenvalue weighted by atomic mass is 32.2. The first-order valence-electron chi connectivity index (χ1n) is 5.31. The summed E-state index contributed by atoms with van der Waals surface area (Å²) in [5.74, 6) is -0.00217.